The Hall–Kier alpha value is -2.83. The Balaban J connectivity index is 2.09. The molecule has 0 spiro atoms. The molecule has 0 aliphatic carbocycles. The zero-order valence-electron chi connectivity index (χ0n) is 19.8. The minimum Gasteiger partial charge on any atom is -0.444 e. The number of ether oxygens (including phenoxy) is 1. The lowest BCUT2D eigenvalue weighted by Gasteiger charge is -2.33. The molecular formula is C24H36N4O3. The van der Waals surface area contributed by atoms with E-state index in [2.05, 4.69) is 15.7 Å². The van der Waals surface area contributed by atoms with Crippen LogP contribution in [0, 0.1) is 13.8 Å². The third-order valence-corrected chi connectivity index (χ3v) is 5.33. The van der Waals surface area contributed by atoms with Crippen LogP contribution in [-0.2, 0) is 11.3 Å². The van der Waals surface area contributed by atoms with Gasteiger partial charge in [0.2, 0.25) is 0 Å². The van der Waals surface area contributed by atoms with E-state index in [1.807, 2.05) is 77.4 Å². The van der Waals surface area contributed by atoms with E-state index < -0.39 is 17.2 Å². The molecule has 31 heavy (non-hydrogen) atoms. The van der Waals surface area contributed by atoms with Gasteiger partial charge in [0, 0.05) is 17.8 Å². The molecule has 0 aliphatic rings. The number of carbonyl (C=O) groups excluding carboxylic acids is 2. The molecule has 1 heterocycles. The summed E-state index contributed by atoms with van der Waals surface area (Å²) in [5, 5.41) is 10.4. The van der Waals surface area contributed by atoms with Crippen molar-refractivity contribution in [2.75, 3.05) is 6.54 Å². The minimum atomic E-state index is -0.569. The maximum atomic E-state index is 13.0. The Morgan fingerprint density at radius 3 is 2.32 bits per heavy atom. The molecule has 7 nitrogen and oxygen atoms in total. The molecule has 0 radical (unpaired) electrons. The average Bonchev–Trinajstić information content (AvgIpc) is 3.00. The van der Waals surface area contributed by atoms with Gasteiger partial charge in [-0.2, -0.15) is 5.10 Å². The SMILES string of the molecule is CCC(CC)(CNC(=O)OC(C)(C)C)NC(=O)c1cccc(Cn2nc(C)cc2C)c1. The highest BCUT2D eigenvalue weighted by molar-refractivity contribution is 5.95. The van der Waals surface area contributed by atoms with Crippen molar-refractivity contribution in [1.82, 2.24) is 20.4 Å². The number of hydrogen-bond acceptors (Lipinski definition) is 4. The summed E-state index contributed by atoms with van der Waals surface area (Å²) in [5.74, 6) is -0.162. The summed E-state index contributed by atoms with van der Waals surface area (Å²) in [4.78, 5) is 25.1. The van der Waals surface area contributed by atoms with E-state index in [-0.39, 0.29) is 5.91 Å². The summed E-state index contributed by atoms with van der Waals surface area (Å²) in [5.41, 5.74) is 2.52. The standard InChI is InChI=1S/C24H36N4O3/c1-8-24(9-2,16-25-22(30)31-23(5,6)7)26-21(29)20-12-10-11-19(14-20)15-28-18(4)13-17(3)27-28/h10-14H,8-9,15-16H2,1-7H3,(H,25,30)(H,26,29). The van der Waals surface area contributed by atoms with E-state index in [4.69, 9.17) is 4.74 Å². The molecule has 0 saturated carbocycles. The summed E-state index contributed by atoms with van der Waals surface area (Å²) < 4.78 is 7.25. The van der Waals surface area contributed by atoms with Crippen molar-refractivity contribution >= 4 is 12.0 Å². The van der Waals surface area contributed by atoms with Gasteiger partial charge in [0.1, 0.15) is 5.60 Å². The molecule has 2 aromatic rings. The molecule has 0 aliphatic heterocycles. The normalized spacial score (nSPS) is 11.8. The minimum absolute atomic E-state index is 0.162. The summed E-state index contributed by atoms with van der Waals surface area (Å²) in [6, 6.07) is 9.60. The lowest BCUT2D eigenvalue weighted by atomic mass is 9.92. The van der Waals surface area contributed by atoms with Crippen molar-refractivity contribution in [3.8, 4) is 0 Å². The number of nitrogens with one attached hydrogen (secondary N) is 2. The highest BCUT2D eigenvalue weighted by atomic mass is 16.6. The topological polar surface area (TPSA) is 85.3 Å². The van der Waals surface area contributed by atoms with Gasteiger partial charge in [-0.25, -0.2) is 4.79 Å². The fourth-order valence-corrected chi connectivity index (χ4v) is 3.41. The first kappa shape index (κ1) is 24.4. The Labute approximate surface area is 185 Å². The van der Waals surface area contributed by atoms with E-state index in [0.717, 1.165) is 17.0 Å². The zero-order valence-corrected chi connectivity index (χ0v) is 19.8. The number of aromatic nitrogens is 2. The van der Waals surface area contributed by atoms with Crippen LogP contribution in [0.5, 0.6) is 0 Å². The van der Waals surface area contributed by atoms with Crippen molar-refractivity contribution in [3.05, 3.63) is 52.8 Å². The van der Waals surface area contributed by atoms with Crippen molar-refractivity contribution < 1.29 is 14.3 Å². The van der Waals surface area contributed by atoms with Gasteiger partial charge < -0.3 is 15.4 Å². The van der Waals surface area contributed by atoms with Crippen molar-refractivity contribution in [1.29, 1.82) is 0 Å². The number of carbonyl (C=O) groups is 2. The molecule has 0 atom stereocenters. The Morgan fingerprint density at radius 1 is 1.10 bits per heavy atom. The molecule has 0 saturated heterocycles. The zero-order chi connectivity index (χ0) is 23.2. The van der Waals surface area contributed by atoms with Gasteiger partial charge in [-0.05, 0) is 71.2 Å². The lowest BCUT2D eigenvalue weighted by molar-refractivity contribution is 0.0502. The van der Waals surface area contributed by atoms with Gasteiger partial charge in [-0.15, -0.1) is 0 Å². The number of amides is 2. The first-order valence-electron chi connectivity index (χ1n) is 10.9. The summed E-state index contributed by atoms with van der Waals surface area (Å²) in [6.07, 6.45) is 0.868. The number of rotatable bonds is 8. The second-order valence-electron chi connectivity index (χ2n) is 9.08. The van der Waals surface area contributed by atoms with Crippen LogP contribution in [0.4, 0.5) is 4.79 Å². The monoisotopic (exact) mass is 428 g/mol. The van der Waals surface area contributed by atoms with Crippen molar-refractivity contribution in [3.63, 3.8) is 0 Å². The number of benzene rings is 1. The second kappa shape index (κ2) is 9.98. The Bertz CT molecular complexity index is 908. The predicted molar refractivity (Wildman–Crippen MR) is 122 cm³/mol. The fourth-order valence-electron chi connectivity index (χ4n) is 3.41. The summed E-state index contributed by atoms with van der Waals surface area (Å²) in [6.45, 7) is 14.3. The molecule has 2 amide bonds. The van der Waals surface area contributed by atoms with Crippen molar-refractivity contribution in [2.45, 2.75) is 79.0 Å². The first-order valence-corrected chi connectivity index (χ1v) is 10.9. The van der Waals surface area contributed by atoms with Crippen LogP contribution in [0.3, 0.4) is 0 Å². The van der Waals surface area contributed by atoms with Gasteiger partial charge in [0.05, 0.1) is 17.8 Å². The molecule has 1 aromatic carbocycles. The van der Waals surface area contributed by atoms with Crippen LogP contribution in [0.25, 0.3) is 0 Å². The van der Waals surface area contributed by atoms with Crippen molar-refractivity contribution in [2.24, 2.45) is 0 Å². The highest BCUT2D eigenvalue weighted by Crippen LogP contribution is 2.17. The first-order chi connectivity index (χ1) is 14.5. The maximum absolute atomic E-state index is 13.0. The largest absolute Gasteiger partial charge is 0.444 e. The van der Waals surface area contributed by atoms with Crippen LogP contribution >= 0.6 is 0 Å². The molecule has 0 fully saturated rings. The van der Waals surface area contributed by atoms with Crippen LogP contribution < -0.4 is 10.6 Å². The molecular weight excluding hydrogens is 392 g/mol. The lowest BCUT2D eigenvalue weighted by Crippen LogP contribution is -2.55. The van der Waals surface area contributed by atoms with Gasteiger partial charge in [-0.1, -0.05) is 26.0 Å². The molecule has 170 valence electrons. The number of aryl methyl sites for hydroxylation is 2. The van der Waals surface area contributed by atoms with E-state index in [0.29, 0.717) is 31.5 Å². The summed E-state index contributed by atoms with van der Waals surface area (Å²) >= 11 is 0. The van der Waals surface area contributed by atoms with Gasteiger partial charge in [0.25, 0.3) is 5.91 Å². The molecule has 7 heteroatoms. The van der Waals surface area contributed by atoms with Crippen LogP contribution in [0.1, 0.15) is 74.8 Å². The van der Waals surface area contributed by atoms with E-state index in [1.165, 1.54) is 0 Å². The van der Waals surface area contributed by atoms with Gasteiger partial charge in [0.15, 0.2) is 0 Å². The third-order valence-electron chi connectivity index (χ3n) is 5.33. The molecule has 0 bridgehead atoms. The highest BCUT2D eigenvalue weighted by Gasteiger charge is 2.30. The van der Waals surface area contributed by atoms with Crippen LogP contribution in [0.15, 0.2) is 30.3 Å². The number of hydrogen-bond donors (Lipinski definition) is 2. The predicted octanol–water partition coefficient (Wildman–Crippen LogP) is 4.36. The maximum Gasteiger partial charge on any atom is 0.407 e. The summed E-state index contributed by atoms with van der Waals surface area (Å²) in [7, 11) is 0. The molecule has 0 unspecified atom stereocenters. The fraction of sp³-hybridized carbons (Fsp3) is 0.542. The Kier molecular flexibility index (Phi) is 7.87. The molecule has 2 N–H and O–H groups in total. The number of alkyl carbamates (subject to hydrolysis) is 1. The van der Waals surface area contributed by atoms with Crippen LogP contribution in [0.2, 0.25) is 0 Å². The molecule has 1 aromatic heterocycles. The second-order valence-corrected chi connectivity index (χ2v) is 9.08. The third kappa shape index (κ3) is 7.12. The smallest absolute Gasteiger partial charge is 0.407 e. The van der Waals surface area contributed by atoms with E-state index in [1.54, 1.807) is 6.07 Å². The van der Waals surface area contributed by atoms with Gasteiger partial charge >= 0.3 is 6.09 Å². The number of nitrogens with zero attached hydrogens (tertiary/aromatic N) is 2. The quantitative estimate of drug-likeness (QED) is 0.654. The Morgan fingerprint density at radius 2 is 1.77 bits per heavy atom. The van der Waals surface area contributed by atoms with E-state index >= 15 is 0 Å². The molecule has 2 rings (SSSR count). The van der Waals surface area contributed by atoms with Crippen LogP contribution in [-0.4, -0.2) is 39.5 Å². The van der Waals surface area contributed by atoms with E-state index in [9.17, 15) is 9.59 Å². The van der Waals surface area contributed by atoms with Gasteiger partial charge in [-0.3, -0.25) is 9.48 Å². The average molecular weight is 429 g/mol.